The minimum Gasteiger partial charge on any atom is -0.313 e. The third-order valence-corrected chi connectivity index (χ3v) is 6.03. The molecule has 1 heterocycles. The maximum absolute atomic E-state index is 12.2. The number of hydrogen-bond donors (Lipinski definition) is 2. The fourth-order valence-corrected chi connectivity index (χ4v) is 4.28. The van der Waals surface area contributed by atoms with Crippen LogP contribution in [0.1, 0.15) is 12.8 Å². The third-order valence-electron chi connectivity index (χ3n) is 2.95. The van der Waals surface area contributed by atoms with Gasteiger partial charge in [-0.25, -0.2) is 13.1 Å². The minimum atomic E-state index is -3.63. The lowest BCUT2D eigenvalue weighted by Crippen LogP contribution is -2.37. The third kappa shape index (κ3) is 4.47. The van der Waals surface area contributed by atoms with Crippen LogP contribution in [0.3, 0.4) is 0 Å². The molecule has 1 fully saturated rings. The molecule has 0 amide bonds. The Balaban J connectivity index is 0.00000200. The van der Waals surface area contributed by atoms with Gasteiger partial charge in [0.25, 0.3) is 0 Å². The van der Waals surface area contributed by atoms with Crippen LogP contribution in [0.15, 0.2) is 21.5 Å². The monoisotopic (exact) mass is 422 g/mol. The summed E-state index contributed by atoms with van der Waals surface area (Å²) in [7, 11) is -3.63. The molecule has 0 aromatic heterocycles. The van der Waals surface area contributed by atoms with Gasteiger partial charge in [-0.05, 0) is 47.4 Å². The highest BCUT2D eigenvalue weighted by atomic mass is 79.9. The predicted octanol–water partition coefficient (Wildman–Crippen LogP) is 3.21. The molecule has 1 atom stereocenters. The van der Waals surface area contributed by atoms with Crippen molar-refractivity contribution in [1.29, 1.82) is 0 Å². The van der Waals surface area contributed by atoms with Gasteiger partial charge in [-0.1, -0.05) is 23.2 Å². The zero-order valence-electron chi connectivity index (χ0n) is 10.3. The van der Waals surface area contributed by atoms with E-state index < -0.39 is 10.0 Å². The van der Waals surface area contributed by atoms with Crippen LogP contribution in [0.4, 0.5) is 0 Å². The highest BCUT2D eigenvalue weighted by Gasteiger charge is 2.22. The summed E-state index contributed by atoms with van der Waals surface area (Å²) in [6, 6.07) is 3.01. The van der Waals surface area contributed by atoms with Crippen molar-refractivity contribution < 1.29 is 8.42 Å². The first-order valence-electron chi connectivity index (χ1n) is 5.78. The van der Waals surface area contributed by atoms with Gasteiger partial charge in [0.2, 0.25) is 10.0 Å². The van der Waals surface area contributed by atoms with Crippen molar-refractivity contribution in [2.45, 2.75) is 23.8 Å². The number of benzene rings is 1. The molecule has 2 N–H and O–H groups in total. The molecule has 1 aliphatic rings. The van der Waals surface area contributed by atoms with Crippen molar-refractivity contribution in [3.05, 3.63) is 26.7 Å². The smallest absolute Gasteiger partial charge is 0.242 e. The van der Waals surface area contributed by atoms with E-state index in [0.717, 1.165) is 19.4 Å². The fourth-order valence-electron chi connectivity index (χ4n) is 1.93. The molecule has 1 saturated heterocycles. The average Bonchev–Trinajstić information content (AvgIpc) is 2.84. The molecule has 0 spiro atoms. The summed E-state index contributed by atoms with van der Waals surface area (Å²) in [5.74, 6) is 0. The second-order valence-electron chi connectivity index (χ2n) is 4.34. The molecule has 1 aromatic carbocycles. The van der Waals surface area contributed by atoms with E-state index in [4.69, 9.17) is 23.2 Å². The van der Waals surface area contributed by atoms with Crippen molar-refractivity contribution in [3.63, 3.8) is 0 Å². The second-order valence-corrected chi connectivity index (χ2v) is 7.75. The van der Waals surface area contributed by atoms with Crippen molar-refractivity contribution in [2.24, 2.45) is 0 Å². The van der Waals surface area contributed by atoms with Crippen molar-refractivity contribution in [3.8, 4) is 0 Å². The zero-order valence-corrected chi connectivity index (χ0v) is 15.1. The van der Waals surface area contributed by atoms with Crippen LogP contribution in [-0.2, 0) is 10.0 Å². The molecular weight excluding hydrogens is 410 g/mol. The van der Waals surface area contributed by atoms with Gasteiger partial charge in [-0.2, -0.15) is 0 Å². The quantitative estimate of drug-likeness (QED) is 0.730. The van der Waals surface area contributed by atoms with Crippen molar-refractivity contribution >= 4 is 61.6 Å². The molecular formula is C11H14BrCl3N2O2S. The Bertz CT molecular complexity index is 577. The Hall–Kier alpha value is 0.440. The van der Waals surface area contributed by atoms with Crippen LogP contribution in [0.25, 0.3) is 0 Å². The second kappa shape index (κ2) is 7.63. The summed E-state index contributed by atoms with van der Waals surface area (Å²) in [4.78, 5) is 0.0310. The van der Waals surface area contributed by atoms with Crippen LogP contribution in [0, 0.1) is 0 Å². The summed E-state index contributed by atoms with van der Waals surface area (Å²) in [6.45, 7) is 1.29. The van der Waals surface area contributed by atoms with E-state index in [1.54, 1.807) is 0 Å². The van der Waals surface area contributed by atoms with Crippen LogP contribution in [0.5, 0.6) is 0 Å². The van der Waals surface area contributed by atoms with Crippen molar-refractivity contribution in [2.75, 3.05) is 13.1 Å². The molecule has 0 aliphatic carbocycles. The van der Waals surface area contributed by atoms with E-state index in [-0.39, 0.29) is 28.4 Å². The minimum absolute atomic E-state index is 0. The average molecular weight is 425 g/mol. The van der Waals surface area contributed by atoms with Crippen molar-refractivity contribution in [1.82, 2.24) is 10.0 Å². The molecule has 1 aromatic rings. The van der Waals surface area contributed by atoms with Gasteiger partial charge in [0, 0.05) is 17.1 Å². The SMILES string of the molecule is Cl.O=S(=O)(NCC1CCCN1)c1cc(Br)c(Cl)cc1Cl. The predicted molar refractivity (Wildman–Crippen MR) is 87.6 cm³/mol. The highest BCUT2D eigenvalue weighted by Crippen LogP contribution is 2.31. The maximum Gasteiger partial charge on any atom is 0.242 e. The van der Waals surface area contributed by atoms with Gasteiger partial charge < -0.3 is 5.32 Å². The molecule has 20 heavy (non-hydrogen) atoms. The molecule has 9 heteroatoms. The first kappa shape index (κ1) is 18.5. The van der Waals surface area contributed by atoms with Gasteiger partial charge >= 0.3 is 0 Å². The lowest BCUT2D eigenvalue weighted by molar-refractivity contribution is 0.552. The molecule has 0 radical (unpaired) electrons. The van der Waals surface area contributed by atoms with E-state index in [9.17, 15) is 8.42 Å². The molecule has 4 nitrogen and oxygen atoms in total. The summed E-state index contributed by atoms with van der Waals surface area (Å²) in [5.41, 5.74) is 0. The first-order chi connectivity index (χ1) is 8.90. The maximum atomic E-state index is 12.2. The lowest BCUT2D eigenvalue weighted by atomic mass is 10.2. The molecule has 1 unspecified atom stereocenters. The van der Waals surface area contributed by atoms with E-state index >= 15 is 0 Å². The molecule has 0 bridgehead atoms. The zero-order chi connectivity index (χ0) is 14.0. The van der Waals surface area contributed by atoms with Gasteiger partial charge in [0.05, 0.1) is 10.0 Å². The molecule has 0 saturated carbocycles. The lowest BCUT2D eigenvalue weighted by Gasteiger charge is -2.13. The van der Waals surface area contributed by atoms with Gasteiger partial charge in [0.1, 0.15) is 4.90 Å². The van der Waals surface area contributed by atoms with Gasteiger partial charge in [-0.15, -0.1) is 12.4 Å². The van der Waals surface area contributed by atoms with Gasteiger partial charge in [-0.3, -0.25) is 0 Å². The first-order valence-corrected chi connectivity index (χ1v) is 8.81. The highest BCUT2D eigenvalue weighted by molar-refractivity contribution is 9.10. The summed E-state index contributed by atoms with van der Waals surface area (Å²) in [5, 5.41) is 3.71. The van der Waals surface area contributed by atoms with Crippen LogP contribution >= 0.6 is 51.5 Å². The summed E-state index contributed by atoms with van der Waals surface area (Å²) >= 11 is 15.0. The Labute approximate surface area is 143 Å². The number of hydrogen-bond acceptors (Lipinski definition) is 3. The van der Waals surface area contributed by atoms with E-state index in [2.05, 4.69) is 26.0 Å². The summed E-state index contributed by atoms with van der Waals surface area (Å²) < 4.78 is 27.4. The Morgan fingerprint density at radius 2 is 2.05 bits per heavy atom. The van der Waals surface area contributed by atoms with Crippen LogP contribution in [-0.4, -0.2) is 27.5 Å². The number of sulfonamides is 1. The molecule has 114 valence electrons. The number of rotatable bonds is 4. The Kier molecular flexibility index (Phi) is 7.05. The topological polar surface area (TPSA) is 58.2 Å². The molecule has 1 aliphatic heterocycles. The molecule has 2 rings (SSSR count). The van der Waals surface area contributed by atoms with Crippen LogP contribution < -0.4 is 10.0 Å². The summed E-state index contributed by atoms with van der Waals surface area (Å²) in [6.07, 6.45) is 2.04. The van der Waals surface area contributed by atoms with Gasteiger partial charge in [0.15, 0.2) is 0 Å². The fraction of sp³-hybridized carbons (Fsp3) is 0.455. The van der Waals surface area contributed by atoms with E-state index in [1.165, 1.54) is 12.1 Å². The normalized spacial score (nSPS) is 18.9. The standard InChI is InChI=1S/C11H13BrCl2N2O2S.ClH/c12-8-4-11(10(14)5-9(8)13)19(17,18)16-6-7-2-1-3-15-7;/h4-5,7,15-16H,1-3,6H2;1H. The largest absolute Gasteiger partial charge is 0.313 e. The van der Waals surface area contributed by atoms with E-state index in [1.807, 2.05) is 0 Å². The Morgan fingerprint density at radius 3 is 2.65 bits per heavy atom. The number of halogens is 4. The van der Waals surface area contributed by atoms with Crippen LogP contribution in [0.2, 0.25) is 10.0 Å². The number of nitrogens with one attached hydrogen (secondary N) is 2. The van der Waals surface area contributed by atoms with E-state index in [0.29, 0.717) is 16.0 Å². The Morgan fingerprint density at radius 1 is 1.35 bits per heavy atom.